The molecule has 3 N–H and O–H groups in total. The lowest BCUT2D eigenvalue weighted by Crippen LogP contribution is -2.48. The Bertz CT molecular complexity index is 1010. The van der Waals surface area contributed by atoms with Gasteiger partial charge in [0.25, 0.3) is 0 Å². The van der Waals surface area contributed by atoms with E-state index in [2.05, 4.69) is 19.9 Å². The van der Waals surface area contributed by atoms with Crippen molar-refractivity contribution in [3.8, 4) is 5.75 Å². The van der Waals surface area contributed by atoms with Crippen molar-refractivity contribution < 1.29 is 29.0 Å². The lowest BCUT2D eigenvalue weighted by atomic mass is 9.52. The molecule has 8 nitrogen and oxygen atoms in total. The number of carbonyl (C=O) groups excluding carboxylic acids is 1. The Balaban J connectivity index is 1.32. The number of hydrogen-bond donors (Lipinski definition) is 3. The number of nitrogens with zero attached hydrogens (tertiary/aromatic N) is 2. The van der Waals surface area contributed by atoms with Gasteiger partial charge in [0, 0.05) is 26.2 Å². The van der Waals surface area contributed by atoms with Crippen molar-refractivity contribution in [2.75, 3.05) is 26.2 Å². The lowest BCUT2D eigenvalue weighted by Gasteiger charge is -2.53. The van der Waals surface area contributed by atoms with E-state index in [-0.39, 0.29) is 37.7 Å². The summed E-state index contributed by atoms with van der Waals surface area (Å²) in [7, 11) is -4.28. The van der Waals surface area contributed by atoms with Crippen LogP contribution in [0.3, 0.4) is 0 Å². The average molecular weight is 507 g/mol. The predicted octanol–water partition coefficient (Wildman–Crippen LogP) is 4.14. The van der Waals surface area contributed by atoms with Crippen LogP contribution in [0.25, 0.3) is 0 Å². The van der Waals surface area contributed by atoms with Crippen LogP contribution in [0, 0.1) is 23.2 Å². The Morgan fingerprint density at radius 2 is 1.91 bits per heavy atom. The number of carbonyl (C=O) groups is 1. The van der Waals surface area contributed by atoms with Crippen molar-refractivity contribution in [3.05, 3.63) is 29.3 Å². The highest BCUT2D eigenvalue weighted by Crippen LogP contribution is 2.62. The molecule has 1 saturated heterocycles. The number of rotatable bonds is 4. The summed E-state index contributed by atoms with van der Waals surface area (Å²) in [6.07, 6.45) is 6.87. The Labute approximate surface area is 207 Å². The minimum absolute atomic E-state index is 0.0456. The maximum atomic E-state index is 12.7. The van der Waals surface area contributed by atoms with Crippen LogP contribution in [-0.2, 0) is 11.0 Å². The summed E-state index contributed by atoms with van der Waals surface area (Å²) in [5.74, 6) is 2.81. The molecule has 2 saturated carbocycles. The number of ether oxygens (including phenoxy) is 1. The second-order valence-electron chi connectivity index (χ2n) is 11.4. The third-order valence-corrected chi connectivity index (χ3v) is 10.7. The predicted molar refractivity (Wildman–Crippen MR) is 132 cm³/mol. The molecule has 6 atom stereocenters. The molecule has 9 heteroatoms. The molecule has 3 fully saturated rings. The van der Waals surface area contributed by atoms with Gasteiger partial charge < -0.3 is 24.5 Å². The first-order valence-corrected chi connectivity index (χ1v) is 14.8. The summed E-state index contributed by atoms with van der Waals surface area (Å²) >= 11 is 0. The zero-order valence-electron chi connectivity index (χ0n) is 20.8. The fourth-order valence-corrected chi connectivity index (χ4v) is 8.46. The second-order valence-corrected chi connectivity index (χ2v) is 13.0. The van der Waals surface area contributed by atoms with Crippen LogP contribution in [0.1, 0.15) is 69.4 Å². The van der Waals surface area contributed by atoms with E-state index in [9.17, 15) is 24.3 Å². The van der Waals surface area contributed by atoms with Gasteiger partial charge in [0.2, 0.25) is 0 Å². The number of piperazine rings is 1. The molecule has 4 aliphatic rings. The normalized spacial score (nSPS) is 35.2. The number of aliphatic hydroxyl groups excluding tert-OH is 1. The molecule has 0 spiro atoms. The minimum Gasteiger partial charge on any atom is -0.410 e. The Hall–Kier alpha value is -1.44. The maximum absolute atomic E-state index is 12.7. The summed E-state index contributed by atoms with van der Waals surface area (Å²) in [6, 6.07) is 6.09. The van der Waals surface area contributed by atoms with Gasteiger partial charge in [-0.2, -0.15) is 0 Å². The third-order valence-electron chi connectivity index (χ3n) is 9.57. The average Bonchev–Trinajstić information content (AvgIpc) is 3.13. The van der Waals surface area contributed by atoms with Crippen molar-refractivity contribution >= 4 is 13.8 Å². The van der Waals surface area contributed by atoms with Crippen molar-refractivity contribution in [2.24, 2.45) is 23.2 Å². The topological polar surface area (TPSA) is 111 Å². The highest BCUT2D eigenvalue weighted by atomic mass is 31.2. The molecule has 0 unspecified atom stereocenters. The van der Waals surface area contributed by atoms with E-state index in [0.717, 1.165) is 43.2 Å². The summed E-state index contributed by atoms with van der Waals surface area (Å²) in [5.41, 5.74) is 2.72. The smallest absolute Gasteiger partial charge is 0.410 e. The number of hydrogen-bond acceptors (Lipinski definition) is 4. The molecule has 194 valence electrons. The van der Waals surface area contributed by atoms with Crippen LogP contribution in [0.4, 0.5) is 4.79 Å². The summed E-state index contributed by atoms with van der Waals surface area (Å²) in [5, 5.41) is 10.8. The molecule has 1 aromatic carbocycles. The standard InChI is InChI=1S/C26H39N2O6P/c1-3-4-17-15-18-16-19(34-25(30)27-11-13-28(14-12-27)35(31,32)33)5-6-20(18)21-9-10-26(2)22(24(17)21)7-8-23(26)29/h5-6,16-17,21-24,29H,3-4,7-15H2,1-2H3,(H2,31,32,33)/t17-,21-,22+,23+,24-,26+/m1/s1. The van der Waals surface area contributed by atoms with Gasteiger partial charge in [-0.1, -0.05) is 32.8 Å². The number of aliphatic hydroxyl groups is 1. The Kier molecular flexibility index (Phi) is 6.81. The molecular formula is C26H39N2O6P. The first-order chi connectivity index (χ1) is 16.6. The van der Waals surface area contributed by atoms with Gasteiger partial charge in [0.15, 0.2) is 0 Å². The van der Waals surface area contributed by atoms with Crippen LogP contribution in [0.5, 0.6) is 5.75 Å². The van der Waals surface area contributed by atoms with E-state index in [0.29, 0.717) is 29.4 Å². The van der Waals surface area contributed by atoms with Gasteiger partial charge in [-0.05, 0) is 84.5 Å². The van der Waals surface area contributed by atoms with E-state index in [4.69, 9.17) is 4.74 Å². The molecule has 0 aromatic heterocycles. The zero-order valence-corrected chi connectivity index (χ0v) is 21.7. The molecule has 1 amide bonds. The molecule has 1 aliphatic heterocycles. The highest BCUT2D eigenvalue weighted by molar-refractivity contribution is 7.49. The van der Waals surface area contributed by atoms with Crippen LogP contribution in [0.2, 0.25) is 0 Å². The summed E-state index contributed by atoms with van der Waals surface area (Å²) in [4.78, 5) is 32.9. The van der Waals surface area contributed by atoms with Crippen LogP contribution >= 0.6 is 7.75 Å². The maximum Gasteiger partial charge on any atom is 0.415 e. The highest BCUT2D eigenvalue weighted by Gasteiger charge is 2.56. The molecular weight excluding hydrogens is 467 g/mol. The Morgan fingerprint density at radius 3 is 2.60 bits per heavy atom. The lowest BCUT2D eigenvalue weighted by molar-refractivity contribution is -0.0394. The number of fused-ring (bicyclic) bond motifs is 5. The third kappa shape index (κ3) is 4.57. The van der Waals surface area contributed by atoms with E-state index < -0.39 is 13.8 Å². The molecule has 5 rings (SSSR count). The first-order valence-electron chi connectivity index (χ1n) is 13.2. The van der Waals surface area contributed by atoms with Crippen molar-refractivity contribution in [2.45, 2.75) is 70.8 Å². The SMILES string of the molecule is CCC[C@@H]1Cc2cc(OC(=O)N3CCN(P(=O)(O)O)CC3)ccc2[C@H]2CC[C@]3(C)[C@@H](O)CC[C@H]3[C@H]12. The van der Waals surface area contributed by atoms with E-state index in [1.54, 1.807) is 0 Å². The molecule has 0 bridgehead atoms. The van der Waals surface area contributed by atoms with Gasteiger partial charge in [-0.3, -0.25) is 0 Å². The van der Waals surface area contributed by atoms with E-state index >= 15 is 0 Å². The molecule has 1 aromatic rings. The minimum atomic E-state index is -4.28. The molecule has 1 heterocycles. The van der Waals surface area contributed by atoms with E-state index in [1.165, 1.54) is 22.4 Å². The van der Waals surface area contributed by atoms with E-state index in [1.807, 2.05) is 12.1 Å². The van der Waals surface area contributed by atoms with Gasteiger partial charge in [-0.25, -0.2) is 14.0 Å². The zero-order chi connectivity index (χ0) is 25.0. The fraction of sp³-hybridized carbons (Fsp3) is 0.731. The Morgan fingerprint density at radius 1 is 1.17 bits per heavy atom. The van der Waals surface area contributed by atoms with Crippen LogP contribution in [0.15, 0.2) is 18.2 Å². The fourth-order valence-electron chi connectivity index (χ4n) is 7.76. The largest absolute Gasteiger partial charge is 0.415 e. The summed E-state index contributed by atoms with van der Waals surface area (Å²) < 4.78 is 18.2. The number of amides is 1. The van der Waals surface area contributed by atoms with Crippen molar-refractivity contribution in [3.63, 3.8) is 0 Å². The van der Waals surface area contributed by atoms with Crippen LogP contribution < -0.4 is 4.74 Å². The molecule has 3 aliphatic carbocycles. The van der Waals surface area contributed by atoms with Gasteiger partial charge in [0.05, 0.1) is 6.10 Å². The monoisotopic (exact) mass is 506 g/mol. The van der Waals surface area contributed by atoms with Gasteiger partial charge in [-0.15, -0.1) is 0 Å². The van der Waals surface area contributed by atoms with Crippen molar-refractivity contribution in [1.29, 1.82) is 0 Å². The number of benzene rings is 1. The first kappa shape index (κ1) is 25.2. The van der Waals surface area contributed by atoms with Crippen LogP contribution in [-0.4, -0.2) is 62.8 Å². The van der Waals surface area contributed by atoms with Crippen molar-refractivity contribution in [1.82, 2.24) is 9.57 Å². The van der Waals surface area contributed by atoms with Gasteiger partial charge in [0.1, 0.15) is 5.75 Å². The quantitative estimate of drug-likeness (QED) is 0.527. The van der Waals surface area contributed by atoms with Gasteiger partial charge >= 0.3 is 13.8 Å². The second kappa shape index (κ2) is 9.46. The summed E-state index contributed by atoms with van der Waals surface area (Å²) in [6.45, 7) is 5.26. The molecule has 35 heavy (non-hydrogen) atoms. The molecule has 0 radical (unpaired) electrons.